The number of alkyl halides is 3. The lowest BCUT2D eigenvalue weighted by atomic mass is 10.0. The highest BCUT2D eigenvalue weighted by molar-refractivity contribution is 14.1. The molecule has 29 heavy (non-hydrogen) atoms. The maximum atomic E-state index is 13.2. The van der Waals surface area contributed by atoms with Gasteiger partial charge in [0.2, 0.25) is 0 Å². The molecule has 0 fully saturated rings. The van der Waals surface area contributed by atoms with E-state index in [9.17, 15) is 18.0 Å². The van der Waals surface area contributed by atoms with Crippen molar-refractivity contribution in [1.82, 2.24) is 5.32 Å². The van der Waals surface area contributed by atoms with Crippen LogP contribution in [0.15, 0.2) is 72.8 Å². The molecule has 0 aliphatic rings. The molecule has 3 aromatic carbocycles. The average molecular weight is 526 g/mol. The number of anilines is 1. The molecule has 3 aromatic rings. The molecule has 2 N–H and O–H groups in total. The van der Waals surface area contributed by atoms with Gasteiger partial charge in [0, 0.05) is 9.13 Å². The lowest BCUT2D eigenvalue weighted by molar-refractivity contribution is -0.137. The third-order valence-electron chi connectivity index (χ3n) is 4.02. The summed E-state index contributed by atoms with van der Waals surface area (Å²) in [4.78, 5) is 12.4. The molecule has 0 aliphatic carbocycles. The van der Waals surface area contributed by atoms with E-state index in [2.05, 4.69) is 10.6 Å². The summed E-state index contributed by atoms with van der Waals surface area (Å²) in [6, 6.07) is 20.3. The lowest BCUT2D eigenvalue weighted by Crippen LogP contribution is -2.34. The maximum absolute atomic E-state index is 13.2. The van der Waals surface area contributed by atoms with E-state index in [4.69, 9.17) is 12.2 Å². The first-order valence-corrected chi connectivity index (χ1v) is 9.87. The average Bonchev–Trinajstić information content (AvgIpc) is 2.69. The van der Waals surface area contributed by atoms with Crippen LogP contribution >= 0.6 is 34.8 Å². The molecule has 0 radical (unpaired) electrons. The molecule has 0 aliphatic heterocycles. The molecule has 0 heterocycles. The monoisotopic (exact) mass is 526 g/mol. The molecule has 0 spiro atoms. The van der Waals surface area contributed by atoms with Crippen molar-refractivity contribution in [3.63, 3.8) is 0 Å². The minimum absolute atomic E-state index is 0.214. The molecule has 0 saturated heterocycles. The summed E-state index contributed by atoms with van der Waals surface area (Å²) in [5, 5.41) is 4.65. The zero-order valence-electron chi connectivity index (χ0n) is 14.8. The van der Waals surface area contributed by atoms with E-state index < -0.39 is 17.6 Å². The van der Waals surface area contributed by atoms with Crippen molar-refractivity contribution in [2.75, 3.05) is 5.32 Å². The Bertz CT molecular complexity index is 1040. The van der Waals surface area contributed by atoms with E-state index in [1.807, 2.05) is 30.3 Å². The lowest BCUT2D eigenvalue weighted by Gasteiger charge is -2.16. The van der Waals surface area contributed by atoms with Crippen LogP contribution in [0.4, 0.5) is 18.9 Å². The fraction of sp³-hybridized carbons (Fsp3) is 0.0476. The van der Waals surface area contributed by atoms with Gasteiger partial charge in [0.05, 0.1) is 11.3 Å². The van der Waals surface area contributed by atoms with Gasteiger partial charge < -0.3 is 5.32 Å². The summed E-state index contributed by atoms with van der Waals surface area (Å²) in [6.45, 7) is 0. The Kier molecular flexibility index (Phi) is 6.53. The van der Waals surface area contributed by atoms with Crippen LogP contribution in [0.5, 0.6) is 0 Å². The molecule has 0 saturated carbocycles. The topological polar surface area (TPSA) is 41.1 Å². The first kappa shape index (κ1) is 21.3. The standard InChI is InChI=1S/C21H14F3IN2OS/c22-21(23,24)17-12-16(25)10-11-18(17)26-20(29)27-19(28)15-8-6-14(7-9-15)13-4-2-1-3-5-13/h1-12H,(H2,26,27,28,29). The van der Waals surface area contributed by atoms with E-state index in [-0.39, 0.29) is 10.8 Å². The zero-order valence-corrected chi connectivity index (χ0v) is 17.7. The number of rotatable bonds is 3. The Hall–Kier alpha value is -2.46. The van der Waals surface area contributed by atoms with Crippen LogP contribution in [-0.2, 0) is 6.18 Å². The summed E-state index contributed by atoms with van der Waals surface area (Å²) in [7, 11) is 0. The van der Waals surface area contributed by atoms with E-state index in [1.54, 1.807) is 46.9 Å². The number of nitrogens with one attached hydrogen (secondary N) is 2. The first-order chi connectivity index (χ1) is 13.7. The van der Waals surface area contributed by atoms with Crippen molar-refractivity contribution in [2.45, 2.75) is 6.18 Å². The summed E-state index contributed by atoms with van der Waals surface area (Å²) in [5.41, 5.74) is 1.22. The van der Waals surface area contributed by atoms with Gasteiger partial charge >= 0.3 is 6.18 Å². The van der Waals surface area contributed by atoms with Crippen LogP contribution in [0.1, 0.15) is 15.9 Å². The van der Waals surface area contributed by atoms with Crippen molar-refractivity contribution in [2.24, 2.45) is 0 Å². The van der Waals surface area contributed by atoms with Crippen molar-refractivity contribution < 1.29 is 18.0 Å². The van der Waals surface area contributed by atoms with Gasteiger partial charge in [0.1, 0.15) is 0 Å². The molecule has 148 valence electrons. The normalized spacial score (nSPS) is 11.0. The number of carbonyl (C=O) groups excluding carboxylic acids is 1. The van der Waals surface area contributed by atoms with E-state index in [1.165, 1.54) is 12.1 Å². The van der Waals surface area contributed by atoms with E-state index in [0.717, 1.165) is 17.2 Å². The molecule has 0 aromatic heterocycles. The molecule has 8 heteroatoms. The molecule has 0 bridgehead atoms. The van der Waals surface area contributed by atoms with E-state index >= 15 is 0 Å². The maximum Gasteiger partial charge on any atom is 0.418 e. The molecular weight excluding hydrogens is 512 g/mol. The molecule has 0 atom stereocenters. The number of amides is 1. The Morgan fingerprint density at radius 2 is 1.52 bits per heavy atom. The quantitative estimate of drug-likeness (QED) is 0.320. The van der Waals surface area contributed by atoms with Crippen molar-refractivity contribution >= 4 is 51.5 Å². The van der Waals surface area contributed by atoms with Gasteiger partial charge in [0.25, 0.3) is 5.91 Å². The predicted octanol–water partition coefficient (Wildman–Crippen LogP) is 6.10. The highest BCUT2D eigenvalue weighted by atomic mass is 127. The molecular formula is C21H14F3IN2OS. The van der Waals surface area contributed by atoms with Crippen LogP contribution in [-0.4, -0.2) is 11.0 Å². The molecule has 0 unspecified atom stereocenters. The van der Waals surface area contributed by atoms with Crippen LogP contribution in [0, 0.1) is 3.57 Å². The smallest absolute Gasteiger partial charge is 0.332 e. The third kappa shape index (κ3) is 5.54. The van der Waals surface area contributed by atoms with Crippen LogP contribution in [0.3, 0.4) is 0 Å². The number of carbonyl (C=O) groups is 1. The second kappa shape index (κ2) is 8.91. The van der Waals surface area contributed by atoms with Gasteiger partial charge in [-0.3, -0.25) is 10.1 Å². The Labute approximate surface area is 184 Å². The molecule has 3 nitrogen and oxygen atoms in total. The number of hydrogen-bond acceptors (Lipinski definition) is 2. The predicted molar refractivity (Wildman–Crippen MR) is 120 cm³/mol. The Balaban J connectivity index is 1.69. The van der Waals surface area contributed by atoms with Gasteiger partial charge in [-0.25, -0.2) is 0 Å². The first-order valence-electron chi connectivity index (χ1n) is 8.38. The highest BCUT2D eigenvalue weighted by Crippen LogP contribution is 2.35. The van der Waals surface area contributed by atoms with Gasteiger partial charge in [-0.1, -0.05) is 42.5 Å². The number of thiocarbonyl (C=S) groups is 1. The minimum Gasteiger partial charge on any atom is -0.332 e. The van der Waals surface area contributed by atoms with Crippen LogP contribution < -0.4 is 10.6 Å². The van der Waals surface area contributed by atoms with Gasteiger partial charge in [-0.2, -0.15) is 13.2 Å². The second-order valence-corrected chi connectivity index (χ2v) is 7.69. The van der Waals surface area contributed by atoms with Crippen LogP contribution in [0.25, 0.3) is 11.1 Å². The van der Waals surface area contributed by atoms with Crippen molar-refractivity contribution in [3.05, 3.63) is 87.5 Å². The number of halogens is 4. The minimum atomic E-state index is -4.55. The number of benzene rings is 3. The molecule has 3 rings (SSSR count). The van der Waals surface area contributed by atoms with Crippen LogP contribution in [0.2, 0.25) is 0 Å². The summed E-state index contributed by atoms with van der Waals surface area (Å²) >= 11 is 6.82. The molecule has 1 amide bonds. The summed E-state index contributed by atoms with van der Waals surface area (Å²) in [6.07, 6.45) is -4.55. The Morgan fingerprint density at radius 1 is 0.897 bits per heavy atom. The van der Waals surface area contributed by atoms with Gasteiger partial charge in [-0.05, 0) is 76.3 Å². The zero-order chi connectivity index (χ0) is 21.0. The van der Waals surface area contributed by atoms with Gasteiger partial charge in [-0.15, -0.1) is 0 Å². The number of hydrogen-bond donors (Lipinski definition) is 2. The summed E-state index contributed by atoms with van der Waals surface area (Å²) in [5.74, 6) is -0.513. The second-order valence-electron chi connectivity index (χ2n) is 6.04. The largest absolute Gasteiger partial charge is 0.418 e. The SMILES string of the molecule is O=C(NC(=S)Nc1ccc(I)cc1C(F)(F)F)c1ccc(-c2ccccc2)cc1. The third-order valence-corrected chi connectivity index (χ3v) is 4.89. The van der Waals surface area contributed by atoms with Gasteiger partial charge in [0.15, 0.2) is 5.11 Å². The van der Waals surface area contributed by atoms with E-state index in [0.29, 0.717) is 9.13 Å². The van der Waals surface area contributed by atoms with Crippen molar-refractivity contribution in [1.29, 1.82) is 0 Å². The fourth-order valence-corrected chi connectivity index (χ4v) is 3.33. The fourth-order valence-electron chi connectivity index (χ4n) is 2.63. The van der Waals surface area contributed by atoms with Crippen molar-refractivity contribution in [3.8, 4) is 11.1 Å². The summed E-state index contributed by atoms with van der Waals surface area (Å²) < 4.78 is 40.1. The Morgan fingerprint density at radius 3 is 2.14 bits per heavy atom. The highest BCUT2D eigenvalue weighted by Gasteiger charge is 2.34.